The number of halogens is 1. The van der Waals surface area contributed by atoms with E-state index in [9.17, 15) is 4.79 Å². The molecular formula is C10H20BrNO2. The van der Waals surface area contributed by atoms with Gasteiger partial charge in [0.15, 0.2) is 0 Å². The summed E-state index contributed by atoms with van der Waals surface area (Å²) in [5.74, 6) is 0.612. The van der Waals surface area contributed by atoms with E-state index >= 15 is 0 Å². The van der Waals surface area contributed by atoms with Crippen molar-refractivity contribution >= 4 is 21.8 Å². The van der Waals surface area contributed by atoms with Crippen LogP contribution in [0.5, 0.6) is 0 Å². The molecule has 0 saturated heterocycles. The number of alkyl halides is 1. The first-order chi connectivity index (χ1) is 6.54. The number of hydrogen-bond acceptors (Lipinski definition) is 2. The fourth-order valence-electron chi connectivity index (χ4n) is 0.845. The smallest absolute Gasteiger partial charge is 0.233 e. The summed E-state index contributed by atoms with van der Waals surface area (Å²) in [6.07, 6.45) is 0.873. The molecule has 0 aliphatic carbocycles. The van der Waals surface area contributed by atoms with E-state index in [2.05, 4.69) is 35.1 Å². The third-order valence-electron chi connectivity index (χ3n) is 1.58. The van der Waals surface area contributed by atoms with Crippen LogP contribution in [0.25, 0.3) is 0 Å². The number of carbonyl (C=O) groups is 1. The van der Waals surface area contributed by atoms with Crippen LogP contribution < -0.4 is 5.32 Å². The van der Waals surface area contributed by atoms with Crippen molar-refractivity contribution in [1.82, 2.24) is 5.32 Å². The Morgan fingerprint density at radius 1 is 1.43 bits per heavy atom. The topological polar surface area (TPSA) is 38.3 Å². The number of rotatable bonds is 7. The quantitative estimate of drug-likeness (QED) is 0.565. The molecule has 0 radical (unpaired) electrons. The van der Waals surface area contributed by atoms with Crippen molar-refractivity contribution < 1.29 is 9.53 Å². The van der Waals surface area contributed by atoms with Gasteiger partial charge in [0.2, 0.25) is 5.91 Å². The fourth-order valence-corrected chi connectivity index (χ4v) is 1.01. The summed E-state index contributed by atoms with van der Waals surface area (Å²) in [5.41, 5.74) is 0. The summed E-state index contributed by atoms with van der Waals surface area (Å²) in [7, 11) is 0. The number of ether oxygens (including phenoxy) is 1. The Morgan fingerprint density at radius 2 is 2.07 bits per heavy atom. The van der Waals surface area contributed by atoms with Gasteiger partial charge in [0.05, 0.1) is 4.83 Å². The Hall–Kier alpha value is -0.0900. The Kier molecular flexibility index (Phi) is 8.18. The molecule has 84 valence electrons. The average molecular weight is 266 g/mol. The fraction of sp³-hybridized carbons (Fsp3) is 0.900. The SMILES string of the molecule is CC(C)COCCCNC(=O)C(C)Br. The van der Waals surface area contributed by atoms with E-state index in [4.69, 9.17) is 4.74 Å². The van der Waals surface area contributed by atoms with Gasteiger partial charge in [-0.3, -0.25) is 4.79 Å². The maximum atomic E-state index is 11.1. The minimum absolute atomic E-state index is 0.0360. The van der Waals surface area contributed by atoms with Crippen LogP contribution in [0.3, 0.4) is 0 Å². The van der Waals surface area contributed by atoms with Crippen molar-refractivity contribution in [2.75, 3.05) is 19.8 Å². The third kappa shape index (κ3) is 8.51. The van der Waals surface area contributed by atoms with Crippen LogP contribution in [0, 0.1) is 5.92 Å². The third-order valence-corrected chi connectivity index (χ3v) is 1.99. The van der Waals surface area contributed by atoms with Gasteiger partial charge in [-0.1, -0.05) is 29.8 Å². The molecule has 0 heterocycles. The normalized spacial score (nSPS) is 12.9. The van der Waals surface area contributed by atoms with Gasteiger partial charge < -0.3 is 10.1 Å². The molecule has 1 atom stereocenters. The molecule has 1 amide bonds. The maximum Gasteiger partial charge on any atom is 0.233 e. The van der Waals surface area contributed by atoms with Gasteiger partial charge in [0, 0.05) is 19.8 Å². The molecule has 0 aromatic heterocycles. The second-order valence-electron chi connectivity index (χ2n) is 3.73. The van der Waals surface area contributed by atoms with Gasteiger partial charge in [0.25, 0.3) is 0 Å². The van der Waals surface area contributed by atoms with Crippen molar-refractivity contribution in [3.05, 3.63) is 0 Å². The molecule has 0 bridgehead atoms. The Bertz CT molecular complexity index is 160. The molecule has 0 aliphatic rings. The van der Waals surface area contributed by atoms with E-state index in [1.54, 1.807) is 0 Å². The van der Waals surface area contributed by atoms with E-state index in [0.717, 1.165) is 19.6 Å². The highest BCUT2D eigenvalue weighted by molar-refractivity contribution is 9.10. The first kappa shape index (κ1) is 13.9. The lowest BCUT2D eigenvalue weighted by molar-refractivity contribution is -0.120. The van der Waals surface area contributed by atoms with Gasteiger partial charge in [0.1, 0.15) is 0 Å². The van der Waals surface area contributed by atoms with Crippen LogP contribution in [0.15, 0.2) is 0 Å². The predicted molar refractivity (Wildman–Crippen MR) is 61.7 cm³/mol. The van der Waals surface area contributed by atoms with Crippen LogP contribution in [-0.2, 0) is 9.53 Å². The molecule has 0 aromatic carbocycles. The lowest BCUT2D eigenvalue weighted by Crippen LogP contribution is -2.30. The first-order valence-corrected chi connectivity index (χ1v) is 5.95. The van der Waals surface area contributed by atoms with Crippen molar-refractivity contribution in [3.63, 3.8) is 0 Å². The van der Waals surface area contributed by atoms with Crippen LogP contribution in [0.2, 0.25) is 0 Å². The van der Waals surface area contributed by atoms with Gasteiger partial charge in [-0.25, -0.2) is 0 Å². The zero-order valence-corrected chi connectivity index (χ0v) is 10.8. The molecule has 1 unspecified atom stereocenters. The summed E-state index contributed by atoms with van der Waals surface area (Å²) in [5, 5.41) is 2.80. The number of carbonyl (C=O) groups excluding carboxylic acids is 1. The van der Waals surface area contributed by atoms with Crippen LogP contribution in [0.4, 0.5) is 0 Å². The van der Waals surface area contributed by atoms with E-state index in [-0.39, 0.29) is 10.7 Å². The highest BCUT2D eigenvalue weighted by Gasteiger charge is 2.06. The molecule has 0 fully saturated rings. The summed E-state index contributed by atoms with van der Waals surface area (Å²) in [6.45, 7) is 8.25. The molecule has 0 aliphatic heterocycles. The van der Waals surface area contributed by atoms with Crippen LogP contribution in [-0.4, -0.2) is 30.5 Å². The van der Waals surface area contributed by atoms with Crippen LogP contribution >= 0.6 is 15.9 Å². The monoisotopic (exact) mass is 265 g/mol. The number of nitrogens with one attached hydrogen (secondary N) is 1. The number of hydrogen-bond donors (Lipinski definition) is 1. The lowest BCUT2D eigenvalue weighted by atomic mass is 10.2. The Balaban J connectivity index is 3.18. The summed E-state index contributed by atoms with van der Waals surface area (Å²) in [4.78, 5) is 11.0. The van der Waals surface area contributed by atoms with E-state index in [1.807, 2.05) is 6.92 Å². The molecule has 3 nitrogen and oxygen atoms in total. The van der Waals surface area contributed by atoms with E-state index < -0.39 is 0 Å². The standard InChI is InChI=1S/C10H20BrNO2/c1-8(2)7-14-6-4-5-12-10(13)9(3)11/h8-9H,4-7H2,1-3H3,(H,12,13). The van der Waals surface area contributed by atoms with Crippen molar-refractivity contribution in [2.45, 2.75) is 32.0 Å². The zero-order valence-electron chi connectivity index (χ0n) is 9.18. The van der Waals surface area contributed by atoms with Gasteiger partial charge in [-0.2, -0.15) is 0 Å². The highest BCUT2D eigenvalue weighted by atomic mass is 79.9. The van der Waals surface area contributed by atoms with Crippen molar-refractivity contribution in [3.8, 4) is 0 Å². The van der Waals surface area contributed by atoms with Crippen LogP contribution in [0.1, 0.15) is 27.2 Å². The summed E-state index contributed by atoms with van der Waals surface area (Å²) < 4.78 is 5.37. The number of amides is 1. The van der Waals surface area contributed by atoms with Gasteiger partial charge >= 0.3 is 0 Å². The van der Waals surface area contributed by atoms with Crippen molar-refractivity contribution in [1.29, 1.82) is 0 Å². The molecule has 14 heavy (non-hydrogen) atoms. The largest absolute Gasteiger partial charge is 0.381 e. The molecule has 0 saturated carbocycles. The zero-order chi connectivity index (χ0) is 11.0. The van der Waals surface area contributed by atoms with Crippen molar-refractivity contribution in [2.24, 2.45) is 5.92 Å². The first-order valence-electron chi connectivity index (χ1n) is 5.03. The predicted octanol–water partition coefficient (Wildman–Crippen LogP) is 1.95. The second kappa shape index (κ2) is 8.24. The molecule has 0 aromatic rings. The summed E-state index contributed by atoms with van der Waals surface area (Å²) >= 11 is 3.20. The summed E-state index contributed by atoms with van der Waals surface area (Å²) in [6, 6.07) is 0. The molecule has 1 N–H and O–H groups in total. The van der Waals surface area contributed by atoms with E-state index in [1.165, 1.54) is 0 Å². The average Bonchev–Trinajstić information content (AvgIpc) is 2.09. The molecular weight excluding hydrogens is 246 g/mol. The Morgan fingerprint density at radius 3 is 2.57 bits per heavy atom. The molecule has 4 heteroatoms. The highest BCUT2D eigenvalue weighted by Crippen LogP contribution is 1.96. The molecule has 0 rings (SSSR count). The minimum atomic E-state index is -0.112. The van der Waals surface area contributed by atoms with Gasteiger partial charge in [-0.15, -0.1) is 0 Å². The second-order valence-corrected chi connectivity index (χ2v) is 5.10. The Labute approximate surface area is 94.7 Å². The van der Waals surface area contributed by atoms with E-state index in [0.29, 0.717) is 12.5 Å². The minimum Gasteiger partial charge on any atom is -0.381 e. The maximum absolute atomic E-state index is 11.1. The molecule has 0 spiro atoms. The van der Waals surface area contributed by atoms with Gasteiger partial charge in [-0.05, 0) is 19.3 Å². The lowest BCUT2D eigenvalue weighted by Gasteiger charge is -2.08.